The fraction of sp³-hybridized carbons (Fsp3) is 0.538. The molecule has 1 aromatic heterocycles. The molecule has 36 heavy (non-hydrogen) atoms. The van der Waals surface area contributed by atoms with E-state index in [4.69, 9.17) is 14.6 Å². The topological polar surface area (TPSA) is 132 Å². The standard InChI is InChI=1S/C26H38N4O6/c1-15(2)11-18(12-23(31)27-14-24(32)33)28-26(34)19-13-20(30(29-19)17(5)16(3)4)25-21(35-6)9-8-10-22(25)36-7/h8-10,13,15-18H,11-12,14H2,1-7H3,(H,27,31)(H,28,34)(H,32,33)/t17?,18-/m0/s1. The van der Waals surface area contributed by atoms with E-state index in [1.165, 1.54) is 0 Å². The second kappa shape index (κ2) is 12.9. The number of hydrogen-bond donors (Lipinski definition) is 3. The van der Waals surface area contributed by atoms with Crippen LogP contribution in [-0.2, 0) is 9.59 Å². The molecule has 2 rings (SSSR count). The van der Waals surface area contributed by atoms with E-state index in [0.717, 1.165) is 0 Å². The molecule has 1 unspecified atom stereocenters. The van der Waals surface area contributed by atoms with E-state index in [0.29, 0.717) is 29.2 Å². The van der Waals surface area contributed by atoms with Crippen LogP contribution >= 0.6 is 0 Å². The number of nitrogens with one attached hydrogen (secondary N) is 2. The maximum Gasteiger partial charge on any atom is 0.322 e. The van der Waals surface area contributed by atoms with Gasteiger partial charge < -0.3 is 25.2 Å². The molecule has 0 saturated heterocycles. The number of ether oxygens (including phenoxy) is 2. The molecular weight excluding hydrogens is 464 g/mol. The van der Waals surface area contributed by atoms with Crippen LogP contribution < -0.4 is 20.1 Å². The van der Waals surface area contributed by atoms with E-state index < -0.39 is 30.4 Å². The number of amides is 2. The van der Waals surface area contributed by atoms with Crippen LogP contribution in [0.2, 0.25) is 0 Å². The lowest BCUT2D eigenvalue weighted by atomic mass is 10.0. The van der Waals surface area contributed by atoms with Gasteiger partial charge in [0, 0.05) is 12.5 Å². The van der Waals surface area contributed by atoms with E-state index in [-0.39, 0.29) is 30.0 Å². The molecule has 0 aliphatic carbocycles. The third-order valence-electron chi connectivity index (χ3n) is 5.96. The Morgan fingerprint density at radius 2 is 1.67 bits per heavy atom. The quantitative estimate of drug-likeness (QED) is 0.382. The summed E-state index contributed by atoms with van der Waals surface area (Å²) in [5, 5.41) is 18.7. The van der Waals surface area contributed by atoms with Crippen LogP contribution in [0.1, 0.15) is 64.0 Å². The summed E-state index contributed by atoms with van der Waals surface area (Å²) in [5.74, 6) is -0.381. The maximum absolute atomic E-state index is 13.3. The van der Waals surface area contributed by atoms with Crippen LogP contribution in [0.25, 0.3) is 11.3 Å². The minimum Gasteiger partial charge on any atom is -0.496 e. The summed E-state index contributed by atoms with van der Waals surface area (Å²) in [7, 11) is 3.15. The first-order valence-electron chi connectivity index (χ1n) is 12.1. The number of carbonyl (C=O) groups is 3. The van der Waals surface area contributed by atoms with Gasteiger partial charge in [0.15, 0.2) is 5.69 Å². The van der Waals surface area contributed by atoms with Crippen LogP contribution in [0.4, 0.5) is 0 Å². The Labute approximate surface area is 212 Å². The lowest BCUT2D eigenvalue weighted by Crippen LogP contribution is -2.41. The number of carboxylic acids is 1. The predicted octanol–water partition coefficient (Wildman–Crippen LogP) is 3.52. The van der Waals surface area contributed by atoms with Gasteiger partial charge in [0.1, 0.15) is 18.0 Å². The minimum atomic E-state index is -1.13. The fourth-order valence-electron chi connectivity index (χ4n) is 3.88. The molecule has 2 atom stereocenters. The number of benzene rings is 1. The summed E-state index contributed by atoms with van der Waals surface area (Å²) in [6.45, 7) is 9.67. The number of aromatic nitrogens is 2. The Morgan fingerprint density at radius 1 is 1.06 bits per heavy atom. The normalized spacial score (nSPS) is 12.8. The van der Waals surface area contributed by atoms with Gasteiger partial charge in [-0.2, -0.15) is 5.10 Å². The molecule has 0 fully saturated rings. The highest BCUT2D eigenvalue weighted by Crippen LogP contribution is 2.40. The van der Waals surface area contributed by atoms with Crippen molar-refractivity contribution in [1.29, 1.82) is 0 Å². The molecule has 0 bridgehead atoms. The third-order valence-corrected chi connectivity index (χ3v) is 5.96. The summed E-state index contributed by atoms with van der Waals surface area (Å²) in [6.07, 6.45) is 0.510. The van der Waals surface area contributed by atoms with Crippen molar-refractivity contribution in [2.45, 2.75) is 59.5 Å². The number of carboxylic acid groups (broad SMARTS) is 1. The lowest BCUT2D eigenvalue weighted by Gasteiger charge is -2.21. The Morgan fingerprint density at radius 3 is 2.17 bits per heavy atom. The first-order chi connectivity index (χ1) is 17.0. The Hall–Kier alpha value is -3.56. The lowest BCUT2D eigenvalue weighted by molar-refractivity contribution is -0.138. The summed E-state index contributed by atoms with van der Waals surface area (Å²) >= 11 is 0. The van der Waals surface area contributed by atoms with Crippen molar-refractivity contribution in [3.63, 3.8) is 0 Å². The summed E-state index contributed by atoms with van der Waals surface area (Å²) in [6, 6.07) is 6.65. The molecule has 0 aliphatic rings. The average molecular weight is 503 g/mol. The predicted molar refractivity (Wildman–Crippen MR) is 136 cm³/mol. The molecular formula is C26H38N4O6. The second-order valence-corrected chi connectivity index (χ2v) is 9.56. The zero-order valence-electron chi connectivity index (χ0n) is 22.1. The number of methoxy groups -OCH3 is 2. The summed E-state index contributed by atoms with van der Waals surface area (Å²) < 4.78 is 13.0. The first kappa shape index (κ1) is 28.7. The zero-order chi connectivity index (χ0) is 27.0. The van der Waals surface area contributed by atoms with Crippen LogP contribution in [0.5, 0.6) is 11.5 Å². The monoisotopic (exact) mass is 502 g/mol. The van der Waals surface area contributed by atoms with Crippen molar-refractivity contribution >= 4 is 17.8 Å². The van der Waals surface area contributed by atoms with Crippen LogP contribution in [0.15, 0.2) is 24.3 Å². The SMILES string of the molecule is COc1cccc(OC)c1-c1cc(C(=O)N[C@H](CC(=O)NCC(=O)O)CC(C)C)nn1C(C)C(C)C. The van der Waals surface area contributed by atoms with Gasteiger partial charge >= 0.3 is 5.97 Å². The minimum absolute atomic E-state index is 0.0342. The van der Waals surface area contributed by atoms with Gasteiger partial charge in [-0.3, -0.25) is 19.1 Å². The highest BCUT2D eigenvalue weighted by atomic mass is 16.5. The van der Waals surface area contributed by atoms with Crippen LogP contribution in [0.3, 0.4) is 0 Å². The summed E-state index contributed by atoms with van der Waals surface area (Å²) in [5.41, 5.74) is 1.56. The van der Waals surface area contributed by atoms with E-state index >= 15 is 0 Å². The van der Waals surface area contributed by atoms with Gasteiger partial charge in [-0.1, -0.05) is 33.8 Å². The molecule has 1 aromatic carbocycles. The molecule has 198 valence electrons. The zero-order valence-corrected chi connectivity index (χ0v) is 22.1. The highest BCUT2D eigenvalue weighted by molar-refractivity contribution is 5.94. The van der Waals surface area contributed by atoms with Gasteiger partial charge in [0.05, 0.1) is 31.5 Å². The maximum atomic E-state index is 13.3. The van der Waals surface area contributed by atoms with Crippen molar-refractivity contribution in [2.75, 3.05) is 20.8 Å². The van der Waals surface area contributed by atoms with Gasteiger partial charge in [0.25, 0.3) is 5.91 Å². The molecule has 1 heterocycles. The Kier molecular flexibility index (Phi) is 10.3. The molecule has 2 aromatic rings. The van der Waals surface area contributed by atoms with Crippen molar-refractivity contribution in [1.82, 2.24) is 20.4 Å². The Bertz CT molecular complexity index is 1040. The second-order valence-electron chi connectivity index (χ2n) is 9.56. The van der Waals surface area contributed by atoms with Gasteiger partial charge in [-0.25, -0.2) is 0 Å². The van der Waals surface area contributed by atoms with Crippen molar-refractivity contribution in [3.8, 4) is 22.8 Å². The van der Waals surface area contributed by atoms with Crippen molar-refractivity contribution < 1.29 is 29.0 Å². The average Bonchev–Trinajstić information content (AvgIpc) is 3.26. The van der Waals surface area contributed by atoms with Crippen molar-refractivity contribution in [2.24, 2.45) is 11.8 Å². The van der Waals surface area contributed by atoms with Gasteiger partial charge in [0.2, 0.25) is 5.91 Å². The van der Waals surface area contributed by atoms with E-state index in [1.807, 2.05) is 39.0 Å². The molecule has 10 nitrogen and oxygen atoms in total. The number of carbonyl (C=O) groups excluding carboxylic acids is 2. The number of aliphatic carboxylic acids is 1. The smallest absolute Gasteiger partial charge is 0.322 e. The van der Waals surface area contributed by atoms with Crippen LogP contribution in [-0.4, -0.2) is 59.5 Å². The third kappa shape index (κ3) is 7.47. The molecule has 10 heteroatoms. The summed E-state index contributed by atoms with van der Waals surface area (Å²) in [4.78, 5) is 36.3. The van der Waals surface area contributed by atoms with E-state index in [2.05, 4.69) is 29.6 Å². The molecule has 3 N–H and O–H groups in total. The van der Waals surface area contributed by atoms with Gasteiger partial charge in [-0.05, 0) is 43.4 Å². The fourth-order valence-corrected chi connectivity index (χ4v) is 3.88. The highest BCUT2D eigenvalue weighted by Gasteiger charge is 2.26. The largest absolute Gasteiger partial charge is 0.496 e. The Balaban J connectivity index is 2.44. The number of nitrogens with zero attached hydrogens (tertiary/aromatic N) is 2. The number of hydrogen-bond acceptors (Lipinski definition) is 6. The van der Waals surface area contributed by atoms with E-state index in [9.17, 15) is 14.4 Å². The molecule has 0 saturated carbocycles. The molecule has 2 amide bonds. The first-order valence-corrected chi connectivity index (χ1v) is 12.1. The van der Waals surface area contributed by atoms with E-state index in [1.54, 1.807) is 25.0 Å². The number of rotatable bonds is 13. The molecule has 0 aliphatic heterocycles. The van der Waals surface area contributed by atoms with Crippen LogP contribution in [0, 0.1) is 11.8 Å². The molecule has 0 radical (unpaired) electrons. The molecule has 0 spiro atoms. The van der Waals surface area contributed by atoms with Gasteiger partial charge in [-0.15, -0.1) is 0 Å². The van der Waals surface area contributed by atoms with Crippen molar-refractivity contribution in [3.05, 3.63) is 30.0 Å².